The number of hydrogen-bond donors (Lipinski definition) is 1. The van der Waals surface area contributed by atoms with E-state index in [0.717, 1.165) is 12.3 Å². The minimum absolute atomic E-state index is 0.0315. The molecule has 3 aromatic carbocycles. The van der Waals surface area contributed by atoms with E-state index in [1.165, 1.54) is 26.9 Å². The predicted molar refractivity (Wildman–Crippen MR) is 121 cm³/mol. The molecule has 4 aromatic rings. The summed E-state index contributed by atoms with van der Waals surface area (Å²) in [4.78, 5) is 13.5. The molecule has 29 heavy (non-hydrogen) atoms. The van der Waals surface area contributed by atoms with Crippen LogP contribution in [0.2, 0.25) is 0 Å². The van der Waals surface area contributed by atoms with Gasteiger partial charge in [0.15, 0.2) is 0 Å². The third-order valence-corrected chi connectivity index (χ3v) is 6.06. The zero-order chi connectivity index (χ0) is 20.1. The SMILES string of the molecule is Cc1ccc(CSc2cn(CCNC(=O)c3ccccc3)c3ccccc23)cc1. The molecule has 0 aliphatic heterocycles. The lowest BCUT2D eigenvalue weighted by molar-refractivity contribution is 0.0952. The van der Waals surface area contributed by atoms with E-state index in [9.17, 15) is 4.79 Å². The fraction of sp³-hybridized carbons (Fsp3) is 0.160. The van der Waals surface area contributed by atoms with Crippen molar-refractivity contribution in [1.82, 2.24) is 9.88 Å². The van der Waals surface area contributed by atoms with Gasteiger partial charge in [-0.1, -0.05) is 66.2 Å². The lowest BCUT2D eigenvalue weighted by atomic mass is 10.2. The molecule has 0 fully saturated rings. The van der Waals surface area contributed by atoms with Crippen molar-refractivity contribution in [2.45, 2.75) is 24.1 Å². The molecule has 1 N–H and O–H groups in total. The third kappa shape index (κ3) is 4.72. The van der Waals surface area contributed by atoms with Crippen molar-refractivity contribution < 1.29 is 4.79 Å². The Balaban J connectivity index is 1.44. The molecular formula is C25H24N2OS. The van der Waals surface area contributed by atoms with Crippen molar-refractivity contribution in [3.63, 3.8) is 0 Å². The van der Waals surface area contributed by atoms with Crippen molar-refractivity contribution in [3.8, 4) is 0 Å². The number of nitrogens with one attached hydrogen (secondary N) is 1. The van der Waals surface area contributed by atoms with E-state index in [1.807, 2.05) is 42.1 Å². The van der Waals surface area contributed by atoms with Crippen LogP contribution in [0.4, 0.5) is 0 Å². The predicted octanol–water partition coefficient (Wildman–Crippen LogP) is 5.67. The van der Waals surface area contributed by atoms with Gasteiger partial charge in [-0.25, -0.2) is 0 Å². The smallest absolute Gasteiger partial charge is 0.251 e. The van der Waals surface area contributed by atoms with Gasteiger partial charge in [0.05, 0.1) is 0 Å². The minimum Gasteiger partial charge on any atom is -0.350 e. The molecule has 3 nitrogen and oxygen atoms in total. The Morgan fingerprint density at radius 2 is 1.66 bits per heavy atom. The highest BCUT2D eigenvalue weighted by Gasteiger charge is 2.10. The maximum Gasteiger partial charge on any atom is 0.251 e. The Labute approximate surface area is 175 Å². The first-order valence-electron chi connectivity index (χ1n) is 9.80. The first kappa shape index (κ1) is 19.3. The fourth-order valence-corrected chi connectivity index (χ4v) is 4.38. The van der Waals surface area contributed by atoms with Crippen molar-refractivity contribution in [3.05, 3.63) is 102 Å². The van der Waals surface area contributed by atoms with E-state index in [-0.39, 0.29) is 5.91 Å². The number of thioether (sulfide) groups is 1. The second kappa shape index (κ2) is 9.01. The highest BCUT2D eigenvalue weighted by Crippen LogP contribution is 2.32. The summed E-state index contributed by atoms with van der Waals surface area (Å²) in [6, 6.07) is 26.5. The summed E-state index contributed by atoms with van der Waals surface area (Å²) in [6.45, 7) is 3.44. The third-order valence-electron chi connectivity index (χ3n) is 4.94. The number of amides is 1. The zero-order valence-corrected chi connectivity index (χ0v) is 17.3. The topological polar surface area (TPSA) is 34.0 Å². The van der Waals surface area contributed by atoms with Crippen LogP contribution in [0.1, 0.15) is 21.5 Å². The molecule has 1 aromatic heterocycles. The maximum atomic E-state index is 12.3. The standard InChI is InChI=1S/C25H24N2OS/c1-19-11-13-20(14-12-19)18-29-24-17-27(23-10-6-5-9-22(23)24)16-15-26-25(28)21-7-3-2-4-8-21/h2-14,17H,15-16,18H2,1H3,(H,26,28). The summed E-state index contributed by atoms with van der Waals surface area (Å²) < 4.78 is 2.23. The molecule has 4 rings (SSSR count). The van der Waals surface area contributed by atoms with E-state index in [0.29, 0.717) is 12.1 Å². The summed E-state index contributed by atoms with van der Waals surface area (Å²) in [5, 5.41) is 4.28. The Morgan fingerprint density at radius 3 is 2.45 bits per heavy atom. The van der Waals surface area contributed by atoms with Crippen molar-refractivity contribution in [1.29, 1.82) is 0 Å². The van der Waals surface area contributed by atoms with Gasteiger partial charge < -0.3 is 9.88 Å². The Bertz CT molecular complexity index is 1100. The molecule has 0 atom stereocenters. The Kier molecular flexibility index (Phi) is 6.01. The van der Waals surface area contributed by atoms with Gasteiger partial charge in [-0.3, -0.25) is 4.79 Å². The van der Waals surface area contributed by atoms with Crippen LogP contribution in [-0.4, -0.2) is 17.0 Å². The largest absolute Gasteiger partial charge is 0.350 e. The molecule has 0 radical (unpaired) electrons. The highest BCUT2D eigenvalue weighted by molar-refractivity contribution is 7.98. The summed E-state index contributed by atoms with van der Waals surface area (Å²) in [5.41, 5.74) is 4.51. The van der Waals surface area contributed by atoms with Crippen molar-refractivity contribution >= 4 is 28.6 Å². The molecule has 0 saturated heterocycles. The Hall–Kier alpha value is -2.98. The van der Waals surface area contributed by atoms with Gasteiger partial charge >= 0.3 is 0 Å². The van der Waals surface area contributed by atoms with Gasteiger partial charge in [0, 0.05) is 46.4 Å². The highest BCUT2D eigenvalue weighted by atomic mass is 32.2. The van der Waals surface area contributed by atoms with Crippen LogP contribution < -0.4 is 5.32 Å². The minimum atomic E-state index is -0.0315. The van der Waals surface area contributed by atoms with Crippen LogP contribution in [0.5, 0.6) is 0 Å². The van der Waals surface area contributed by atoms with Crippen molar-refractivity contribution in [2.75, 3.05) is 6.54 Å². The fourth-order valence-electron chi connectivity index (χ4n) is 3.34. The van der Waals surface area contributed by atoms with Crippen LogP contribution in [-0.2, 0) is 12.3 Å². The van der Waals surface area contributed by atoms with Crippen LogP contribution in [0.3, 0.4) is 0 Å². The van der Waals surface area contributed by atoms with Crippen LogP contribution >= 0.6 is 11.8 Å². The zero-order valence-electron chi connectivity index (χ0n) is 16.5. The first-order chi connectivity index (χ1) is 14.2. The molecule has 0 aliphatic carbocycles. The van der Waals surface area contributed by atoms with E-state index < -0.39 is 0 Å². The number of aromatic nitrogens is 1. The van der Waals surface area contributed by atoms with Gasteiger partial charge in [0.25, 0.3) is 5.91 Å². The van der Waals surface area contributed by atoms with Gasteiger partial charge in [-0.15, -0.1) is 11.8 Å². The molecule has 146 valence electrons. The second-order valence-corrected chi connectivity index (χ2v) is 8.12. The number of aryl methyl sites for hydroxylation is 1. The molecular weight excluding hydrogens is 376 g/mol. The quantitative estimate of drug-likeness (QED) is 0.405. The van der Waals surface area contributed by atoms with E-state index in [4.69, 9.17) is 0 Å². The van der Waals surface area contributed by atoms with E-state index >= 15 is 0 Å². The number of hydrogen-bond acceptors (Lipinski definition) is 2. The lowest BCUT2D eigenvalue weighted by Crippen LogP contribution is -2.26. The number of para-hydroxylation sites is 1. The number of carbonyl (C=O) groups excluding carboxylic acids is 1. The van der Waals surface area contributed by atoms with Gasteiger partial charge in [0.1, 0.15) is 0 Å². The summed E-state index contributed by atoms with van der Waals surface area (Å²) in [7, 11) is 0. The lowest BCUT2D eigenvalue weighted by Gasteiger charge is -2.07. The maximum absolute atomic E-state index is 12.3. The van der Waals surface area contributed by atoms with Gasteiger partial charge in [-0.2, -0.15) is 0 Å². The number of rotatable bonds is 7. The summed E-state index contributed by atoms with van der Waals surface area (Å²) in [5.74, 6) is 0.912. The number of carbonyl (C=O) groups is 1. The molecule has 0 bridgehead atoms. The summed E-state index contributed by atoms with van der Waals surface area (Å²) in [6.07, 6.45) is 2.21. The molecule has 4 heteroatoms. The average molecular weight is 401 g/mol. The number of benzene rings is 3. The second-order valence-electron chi connectivity index (χ2n) is 7.10. The monoisotopic (exact) mass is 400 g/mol. The number of fused-ring (bicyclic) bond motifs is 1. The molecule has 0 aliphatic rings. The molecule has 1 amide bonds. The van der Waals surface area contributed by atoms with Crippen LogP contribution in [0.15, 0.2) is 90.0 Å². The first-order valence-corrected chi connectivity index (χ1v) is 10.8. The molecule has 0 spiro atoms. The normalized spacial score (nSPS) is 10.9. The molecule has 0 unspecified atom stereocenters. The van der Waals surface area contributed by atoms with Gasteiger partial charge in [0.2, 0.25) is 0 Å². The van der Waals surface area contributed by atoms with E-state index in [2.05, 4.69) is 71.5 Å². The Morgan fingerprint density at radius 1 is 0.931 bits per heavy atom. The number of nitrogens with zero attached hydrogens (tertiary/aromatic N) is 1. The molecule has 0 saturated carbocycles. The van der Waals surface area contributed by atoms with Crippen LogP contribution in [0.25, 0.3) is 10.9 Å². The molecule has 1 heterocycles. The van der Waals surface area contributed by atoms with Crippen molar-refractivity contribution in [2.24, 2.45) is 0 Å². The average Bonchev–Trinajstić information content (AvgIpc) is 3.12. The van der Waals surface area contributed by atoms with E-state index in [1.54, 1.807) is 0 Å². The van der Waals surface area contributed by atoms with Crippen LogP contribution in [0, 0.1) is 6.92 Å². The summed E-state index contributed by atoms with van der Waals surface area (Å²) >= 11 is 1.86. The van der Waals surface area contributed by atoms with Gasteiger partial charge in [-0.05, 0) is 30.7 Å².